The zero-order chi connectivity index (χ0) is 28.8. The van der Waals surface area contributed by atoms with Gasteiger partial charge in [-0.25, -0.2) is 4.39 Å². The Morgan fingerprint density at radius 3 is 1.98 bits per heavy atom. The van der Waals surface area contributed by atoms with Crippen LogP contribution in [0.25, 0.3) is 0 Å². The molecule has 1 aliphatic heterocycles. The second-order valence-corrected chi connectivity index (χ2v) is 12.8. The number of allylic oxidation sites excluding steroid dienone is 4. The summed E-state index contributed by atoms with van der Waals surface area (Å²) >= 11 is 0. The molecule has 0 unspecified atom stereocenters. The van der Waals surface area contributed by atoms with E-state index in [9.17, 15) is 14.0 Å². The number of hydrogen-bond donors (Lipinski definition) is 0. The molecule has 2 aromatic rings. The first-order valence-electron chi connectivity index (χ1n) is 14.4. The molecule has 0 saturated heterocycles. The van der Waals surface area contributed by atoms with Crippen molar-refractivity contribution in [3.05, 3.63) is 81.9 Å². The van der Waals surface area contributed by atoms with Crippen LogP contribution in [0.1, 0.15) is 84.3 Å². The summed E-state index contributed by atoms with van der Waals surface area (Å²) in [4.78, 5) is 30.0. The predicted molar refractivity (Wildman–Crippen MR) is 154 cm³/mol. The minimum absolute atomic E-state index is 0.0622. The zero-order valence-electron chi connectivity index (χ0n) is 24.5. The van der Waals surface area contributed by atoms with Gasteiger partial charge in [0, 0.05) is 53.4 Å². The first kappa shape index (κ1) is 28.1. The summed E-state index contributed by atoms with van der Waals surface area (Å²) in [5, 5.41) is 0. The van der Waals surface area contributed by atoms with Gasteiger partial charge in [0.25, 0.3) is 0 Å². The first-order valence-corrected chi connectivity index (χ1v) is 14.4. The van der Waals surface area contributed by atoms with Crippen molar-refractivity contribution in [1.82, 2.24) is 4.90 Å². The van der Waals surface area contributed by atoms with Crippen LogP contribution in [0.15, 0.2) is 65.0 Å². The minimum Gasteiger partial charge on any atom is -0.490 e. The van der Waals surface area contributed by atoms with Crippen molar-refractivity contribution < 1.29 is 23.5 Å². The van der Waals surface area contributed by atoms with Gasteiger partial charge in [0.05, 0.1) is 6.61 Å². The van der Waals surface area contributed by atoms with Gasteiger partial charge in [-0.3, -0.25) is 9.59 Å². The van der Waals surface area contributed by atoms with E-state index in [0.29, 0.717) is 43.1 Å². The molecule has 40 heavy (non-hydrogen) atoms. The SMILES string of the molecule is CCOc1cc(C2C3=C(CC(C)(C)CC3=O)N(CC)C3=C2C(=O)CC(C)(C)C3)ccc1OCc1ccccc1F. The van der Waals surface area contributed by atoms with Gasteiger partial charge in [-0.1, -0.05) is 52.0 Å². The molecule has 0 atom stereocenters. The number of nitrogens with zero attached hydrogens (tertiary/aromatic N) is 1. The highest BCUT2D eigenvalue weighted by atomic mass is 19.1. The minimum atomic E-state index is -0.445. The van der Waals surface area contributed by atoms with Gasteiger partial charge in [0.2, 0.25) is 0 Å². The van der Waals surface area contributed by atoms with Crippen LogP contribution in [0, 0.1) is 16.6 Å². The first-order chi connectivity index (χ1) is 18.9. The van der Waals surface area contributed by atoms with E-state index in [4.69, 9.17) is 9.47 Å². The smallest absolute Gasteiger partial charge is 0.162 e. The maximum Gasteiger partial charge on any atom is 0.162 e. The Bertz CT molecular complexity index is 1360. The van der Waals surface area contributed by atoms with E-state index < -0.39 is 5.92 Å². The third-order valence-corrected chi connectivity index (χ3v) is 8.28. The van der Waals surface area contributed by atoms with E-state index in [-0.39, 0.29) is 34.8 Å². The van der Waals surface area contributed by atoms with Crippen molar-refractivity contribution in [2.24, 2.45) is 10.8 Å². The van der Waals surface area contributed by atoms with Crippen LogP contribution >= 0.6 is 0 Å². The number of hydrogen-bond acceptors (Lipinski definition) is 5. The highest BCUT2D eigenvalue weighted by Crippen LogP contribution is 2.54. The number of rotatable bonds is 7. The highest BCUT2D eigenvalue weighted by Gasteiger charge is 2.48. The molecule has 5 nitrogen and oxygen atoms in total. The average Bonchev–Trinajstić information content (AvgIpc) is 2.86. The predicted octanol–water partition coefficient (Wildman–Crippen LogP) is 7.51. The molecule has 0 saturated carbocycles. The lowest BCUT2D eigenvalue weighted by Crippen LogP contribution is -2.44. The Morgan fingerprint density at radius 1 is 0.825 bits per heavy atom. The van der Waals surface area contributed by atoms with Crippen molar-refractivity contribution in [1.29, 1.82) is 0 Å². The monoisotopic (exact) mass is 545 g/mol. The Hall–Kier alpha value is -3.41. The molecular weight excluding hydrogens is 505 g/mol. The summed E-state index contributed by atoms with van der Waals surface area (Å²) in [6.07, 6.45) is 2.46. The number of halogens is 1. The largest absolute Gasteiger partial charge is 0.490 e. The van der Waals surface area contributed by atoms with Crippen LogP contribution in [0.4, 0.5) is 4.39 Å². The lowest BCUT2D eigenvalue weighted by Gasteiger charge is -2.48. The van der Waals surface area contributed by atoms with Crippen LogP contribution in [-0.2, 0) is 16.2 Å². The molecule has 0 spiro atoms. The van der Waals surface area contributed by atoms with Crippen molar-refractivity contribution in [2.75, 3.05) is 13.2 Å². The summed E-state index contributed by atoms with van der Waals surface area (Å²) < 4.78 is 26.2. The summed E-state index contributed by atoms with van der Waals surface area (Å²) in [6, 6.07) is 12.2. The maximum atomic E-state index is 14.2. The van der Waals surface area contributed by atoms with Crippen LogP contribution in [0.3, 0.4) is 0 Å². The second kappa shape index (κ2) is 10.5. The topological polar surface area (TPSA) is 55.8 Å². The van der Waals surface area contributed by atoms with Gasteiger partial charge in [-0.2, -0.15) is 0 Å². The van der Waals surface area contributed by atoms with Crippen molar-refractivity contribution in [3.8, 4) is 11.5 Å². The normalized spacial score (nSPS) is 20.4. The second-order valence-electron chi connectivity index (χ2n) is 12.8. The third kappa shape index (κ3) is 5.21. The van der Waals surface area contributed by atoms with Gasteiger partial charge in [0.1, 0.15) is 12.4 Å². The molecule has 1 heterocycles. The van der Waals surface area contributed by atoms with E-state index in [1.54, 1.807) is 18.2 Å². The molecule has 2 aromatic carbocycles. The Kier molecular flexibility index (Phi) is 7.41. The quantitative estimate of drug-likeness (QED) is 0.360. The molecular formula is C34H40FNO4. The number of ketones is 2. The molecule has 0 N–H and O–H groups in total. The fourth-order valence-corrected chi connectivity index (χ4v) is 6.63. The van der Waals surface area contributed by atoms with Gasteiger partial charge in [-0.15, -0.1) is 0 Å². The Balaban J connectivity index is 1.63. The lowest BCUT2D eigenvalue weighted by molar-refractivity contribution is -0.119. The molecule has 0 fully saturated rings. The van der Waals surface area contributed by atoms with Gasteiger partial charge < -0.3 is 14.4 Å². The van der Waals surface area contributed by atoms with Crippen molar-refractivity contribution >= 4 is 11.6 Å². The molecule has 0 bridgehead atoms. The van der Waals surface area contributed by atoms with Crippen molar-refractivity contribution in [2.45, 2.75) is 79.8 Å². The average molecular weight is 546 g/mol. The number of carbonyl (C=O) groups is 2. The number of ether oxygens (including phenoxy) is 2. The summed E-state index contributed by atoms with van der Waals surface area (Å²) in [5.74, 6) is 0.464. The van der Waals surface area contributed by atoms with Crippen LogP contribution < -0.4 is 9.47 Å². The van der Waals surface area contributed by atoms with E-state index in [2.05, 4.69) is 39.5 Å². The zero-order valence-corrected chi connectivity index (χ0v) is 24.5. The summed E-state index contributed by atoms with van der Waals surface area (Å²) in [5.41, 5.74) is 4.59. The van der Waals surface area contributed by atoms with Gasteiger partial charge in [0.15, 0.2) is 23.1 Å². The van der Waals surface area contributed by atoms with Crippen molar-refractivity contribution in [3.63, 3.8) is 0 Å². The number of Topliss-reactive ketones (excluding diaryl/α,β-unsaturated/α-hetero) is 2. The molecule has 0 radical (unpaired) electrons. The van der Waals surface area contributed by atoms with Gasteiger partial charge >= 0.3 is 0 Å². The number of carbonyl (C=O) groups excluding carboxylic acids is 2. The standard InChI is InChI=1S/C34H40FNO4/c1-7-36-24-16-33(3,4)18-26(37)31(24)30(32-25(36)17-34(5,6)19-27(32)38)21-13-14-28(29(15-21)39-8-2)40-20-22-11-9-10-12-23(22)35/h9-15,30H,7-8,16-20H2,1-6H3. The third-order valence-electron chi connectivity index (χ3n) is 8.28. The van der Waals surface area contributed by atoms with E-state index >= 15 is 0 Å². The maximum absolute atomic E-state index is 14.2. The Labute approximate surface area is 237 Å². The molecule has 212 valence electrons. The fourth-order valence-electron chi connectivity index (χ4n) is 6.63. The van der Waals surface area contributed by atoms with E-state index in [1.165, 1.54) is 6.07 Å². The van der Waals surface area contributed by atoms with Crippen LogP contribution in [0.2, 0.25) is 0 Å². The summed E-state index contributed by atoms with van der Waals surface area (Å²) in [7, 11) is 0. The molecule has 0 amide bonds. The highest BCUT2D eigenvalue weighted by molar-refractivity contribution is 6.06. The van der Waals surface area contributed by atoms with Crippen LogP contribution in [0.5, 0.6) is 11.5 Å². The lowest BCUT2D eigenvalue weighted by atomic mass is 9.63. The molecule has 3 aliphatic rings. The fraction of sp³-hybridized carbons (Fsp3) is 0.471. The molecule has 0 aromatic heterocycles. The molecule has 6 heteroatoms. The van der Waals surface area contributed by atoms with E-state index in [0.717, 1.165) is 40.9 Å². The molecule has 5 rings (SSSR count). The van der Waals surface area contributed by atoms with E-state index in [1.807, 2.05) is 25.1 Å². The number of benzene rings is 2. The van der Waals surface area contributed by atoms with Crippen LogP contribution in [-0.4, -0.2) is 29.6 Å². The summed E-state index contributed by atoms with van der Waals surface area (Å²) in [6.45, 7) is 13.8. The Morgan fingerprint density at radius 2 is 1.43 bits per heavy atom. The van der Waals surface area contributed by atoms with Gasteiger partial charge in [-0.05, 0) is 61.3 Å². The molecule has 2 aliphatic carbocycles.